The van der Waals surface area contributed by atoms with E-state index in [9.17, 15) is 0 Å². The van der Waals surface area contributed by atoms with Crippen molar-refractivity contribution < 1.29 is 0 Å². The minimum Gasteiger partial charge on any atom is -0.0533 e. The van der Waals surface area contributed by atoms with E-state index in [0.717, 1.165) is 17.8 Å². The second-order valence-corrected chi connectivity index (χ2v) is 6.10. The van der Waals surface area contributed by atoms with Crippen LogP contribution in [0.2, 0.25) is 0 Å². The maximum absolute atomic E-state index is 2.03. The lowest BCUT2D eigenvalue weighted by atomic mass is 9.59. The molecule has 1 radical (unpaired) electrons. The molecule has 3 aliphatic rings. The molecule has 0 aromatic heterocycles. The van der Waals surface area contributed by atoms with Crippen LogP contribution < -0.4 is 0 Å². The molecule has 15 heavy (non-hydrogen) atoms. The smallest absolute Gasteiger partial charge is 0.0176 e. The molecular formula is C15H25. The van der Waals surface area contributed by atoms with Gasteiger partial charge in [0, 0.05) is 0 Å². The lowest BCUT2D eigenvalue weighted by Gasteiger charge is -2.46. The minimum absolute atomic E-state index is 1.07. The monoisotopic (exact) mass is 205 g/mol. The Morgan fingerprint density at radius 3 is 1.93 bits per heavy atom. The van der Waals surface area contributed by atoms with Gasteiger partial charge in [0.25, 0.3) is 0 Å². The van der Waals surface area contributed by atoms with Crippen molar-refractivity contribution in [2.45, 2.75) is 70.6 Å². The van der Waals surface area contributed by atoms with Crippen molar-refractivity contribution in [1.82, 2.24) is 0 Å². The Balaban J connectivity index is 1.56. The molecule has 0 aromatic rings. The third kappa shape index (κ3) is 1.97. The van der Waals surface area contributed by atoms with E-state index in [-0.39, 0.29) is 0 Å². The first-order chi connectivity index (χ1) is 7.45. The third-order valence-corrected chi connectivity index (χ3v) is 5.32. The van der Waals surface area contributed by atoms with Crippen LogP contribution in [0.4, 0.5) is 0 Å². The molecule has 0 aromatic carbocycles. The number of hydrogen-bond acceptors (Lipinski definition) is 0. The Labute approximate surface area is 94.8 Å². The van der Waals surface area contributed by atoms with Crippen molar-refractivity contribution in [1.29, 1.82) is 0 Å². The average Bonchev–Trinajstić information content (AvgIpc) is 2.71. The molecule has 0 aliphatic heterocycles. The highest BCUT2D eigenvalue weighted by atomic mass is 14.5. The molecule has 3 aliphatic carbocycles. The van der Waals surface area contributed by atoms with E-state index in [0.29, 0.717) is 0 Å². The van der Waals surface area contributed by atoms with Gasteiger partial charge in [-0.05, 0) is 49.4 Å². The normalized spacial score (nSPS) is 35.6. The van der Waals surface area contributed by atoms with Crippen molar-refractivity contribution in [2.75, 3.05) is 0 Å². The highest BCUT2D eigenvalue weighted by Crippen LogP contribution is 2.53. The van der Waals surface area contributed by atoms with Gasteiger partial charge in [0.05, 0.1) is 0 Å². The van der Waals surface area contributed by atoms with E-state index in [2.05, 4.69) is 0 Å². The van der Waals surface area contributed by atoms with Crippen molar-refractivity contribution >= 4 is 0 Å². The lowest BCUT2D eigenvalue weighted by molar-refractivity contribution is 0.158. The summed E-state index contributed by atoms with van der Waals surface area (Å²) in [6.45, 7) is 0. The van der Waals surface area contributed by atoms with Crippen LogP contribution in [0.3, 0.4) is 0 Å². The molecule has 1 atom stereocenters. The number of hydrogen-bond donors (Lipinski definition) is 0. The SMILES string of the molecule is C1CCC(C2CC[C]2C2CCCC2)CC1. The van der Waals surface area contributed by atoms with Crippen molar-refractivity contribution in [2.24, 2.45) is 17.8 Å². The van der Waals surface area contributed by atoms with Gasteiger partial charge in [0.15, 0.2) is 0 Å². The van der Waals surface area contributed by atoms with Crippen LogP contribution in [0.1, 0.15) is 70.6 Å². The van der Waals surface area contributed by atoms with Crippen LogP contribution in [-0.4, -0.2) is 0 Å². The average molecular weight is 205 g/mol. The highest BCUT2D eigenvalue weighted by molar-refractivity contribution is 5.12. The molecule has 0 bridgehead atoms. The van der Waals surface area contributed by atoms with E-state index in [1.807, 2.05) is 5.92 Å². The maximum atomic E-state index is 2.03. The first kappa shape index (κ1) is 10.2. The molecule has 3 rings (SSSR count). The fourth-order valence-corrected chi connectivity index (χ4v) is 4.36. The zero-order valence-electron chi connectivity index (χ0n) is 10.0. The molecule has 0 amide bonds. The lowest BCUT2D eigenvalue weighted by Crippen LogP contribution is -2.35. The molecule has 3 fully saturated rings. The van der Waals surface area contributed by atoms with Crippen LogP contribution in [0.15, 0.2) is 0 Å². The van der Waals surface area contributed by atoms with Crippen molar-refractivity contribution in [3.05, 3.63) is 5.92 Å². The fraction of sp³-hybridized carbons (Fsp3) is 0.933. The van der Waals surface area contributed by atoms with Gasteiger partial charge in [-0.25, -0.2) is 0 Å². The van der Waals surface area contributed by atoms with Gasteiger partial charge in [-0.2, -0.15) is 0 Å². The van der Waals surface area contributed by atoms with Crippen LogP contribution in [0.5, 0.6) is 0 Å². The van der Waals surface area contributed by atoms with E-state index in [4.69, 9.17) is 0 Å². The minimum atomic E-state index is 1.07. The topological polar surface area (TPSA) is 0 Å². The third-order valence-electron chi connectivity index (χ3n) is 5.32. The van der Waals surface area contributed by atoms with Crippen LogP contribution in [0.25, 0.3) is 0 Å². The predicted molar refractivity (Wildman–Crippen MR) is 64.5 cm³/mol. The quantitative estimate of drug-likeness (QED) is 0.610. The van der Waals surface area contributed by atoms with Crippen LogP contribution in [-0.2, 0) is 0 Å². The van der Waals surface area contributed by atoms with Gasteiger partial charge < -0.3 is 0 Å². The highest BCUT2D eigenvalue weighted by Gasteiger charge is 2.42. The number of rotatable bonds is 2. The van der Waals surface area contributed by atoms with Gasteiger partial charge in [0.2, 0.25) is 0 Å². The van der Waals surface area contributed by atoms with Gasteiger partial charge in [0.1, 0.15) is 0 Å². The largest absolute Gasteiger partial charge is 0.0533 e. The summed E-state index contributed by atoms with van der Waals surface area (Å²) in [6.07, 6.45) is 16.9. The van der Waals surface area contributed by atoms with E-state index in [1.165, 1.54) is 38.5 Å². The van der Waals surface area contributed by atoms with Gasteiger partial charge >= 0.3 is 0 Å². The summed E-state index contributed by atoms with van der Waals surface area (Å²) in [6, 6.07) is 0. The zero-order valence-corrected chi connectivity index (χ0v) is 10.0. The molecule has 1 unspecified atom stereocenters. The van der Waals surface area contributed by atoms with Crippen LogP contribution >= 0.6 is 0 Å². The van der Waals surface area contributed by atoms with E-state index >= 15 is 0 Å². The zero-order chi connectivity index (χ0) is 10.1. The summed E-state index contributed by atoms with van der Waals surface area (Å²) in [7, 11) is 0. The first-order valence-corrected chi connectivity index (χ1v) is 7.31. The molecule has 3 saturated carbocycles. The second-order valence-electron chi connectivity index (χ2n) is 6.10. The summed E-state index contributed by atoms with van der Waals surface area (Å²) in [5, 5.41) is 0. The molecule has 0 nitrogen and oxygen atoms in total. The second kappa shape index (κ2) is 4.47. The maximum Gasteiger partial charge on any atom is -0.0176 e. The van der Waals surface area contributed by atoms with Gasteiger partial charge in [-0.3, -0.25) is 0 Å². The van der Waals surface area contributed by atoms with E-state index in [1.54, 1.807) is 32.1 Å². The molecule has 0 saturated heterocycles. The van der Waals surface area contributed by atoms with Gasteiger partial charge in [-0.1, -0.05) is 44.9 Å². The van der Waals surface area contributed by atoms with E-state index < -0.39 is 0 Å². The molecule has 0 heterocycles. The first-order valence-electron chi connectivity index (χ1n) is 7.31. The molecule has 0 heteroatoms. The summed E-state index contributed by atoms with van der Waals surface area (Å²) >= 11 is 0. The molecule has 0 spiro atoms. The Hall–Kier alpha value is 0. The molecule has 0 N–H and O–H groups in total. The predicted octanol–water partition coefficient (Wildman–Crippen LogP) is 4.74. The summed E-state index contributed by atoms with van der Waals surface area (Å²) in [4.78, 5) is 0. The Bertz CT molecular complexity index is 196. The Morgan fingerprint density at radius 2 is 1.33 bits per heavy atom. The van der Waals surface area contributed by atoms with Gasteiger partial charge in [-0.15, -0.1) is 0 Å². The van der Waals surface area contributed by atoms with Crippen molar-refractivity contribution in [3.8, 4) is 0 Å². The van der Waals surface area contributed by atoms with Crippen molar-refractivity contribution in [3.63, 3.8) is 0 Å². The standard InChI is InChI=1S/C15H25/c1-2-6-12(7-3-1)14-10-11-15(14)13-8-4-5-9-13/h12-14H,1-11H2. The summed E-state index contributed by atoms with van der Waals surface area (Å²) < 4.78 is 0. The molecule has 85 valence electrons. The Kier molecular flexibility index (Phi) is 3.03. The summed E-state index contributed by atoms with van der Waals surface area (Å²) in [5.41, 5.74) is 0. The van der Waals surface area contributed by atoms with Crippen LogP contribution in [0, 0.1) is 23.7 Å². The fourth-order valence-electron chi connectivity index (χ4n) is 4.36. The molecular weight excluding hydrogens is 180 g/mol. The summed E-state index contributed by atoms with van der Waals surface area (Å²) in [5.74, 6) is 5.31. The Morgan fingerprint density at radius 1 is 0.667 bits per heavy atom.